The summed E-state index contributed by atoms with van der Waals surface area (Å²) in [6, 6.07) is 60.9. The van der Waals surface area contributed by atoms with Gasteiger partial charge in [0.2, 0.25) is 0 Å². The molecule has 1 aliphatic carbocycles. The molecule has 0 saturated carbocycles. The van der Waals surface area contributed by atoms with Crippen LogP contribution in [0.5, 0.6) is 0 Å². The third kappa shape index (κ3) is 5.49. The maximum absolute atomic E-state index is 5.40. The summed E-state index contributed by atoms with van der Waals surface area (Å²) in [6.45, 7) is 0. The van der Waals surface area contributed by atoms with Crippen molar-refractivity contribution in [2.75, 3.05) is 0 Å². The van der Waals surface area contributed by atoms with E-state index in [1.807, 2.05) is 11.3 Å². The van der Waals surface area contributed by atoms with E-state index in [0.717, 1.165) is 51.3 Å². The van der Waals surface area contributed by atoms with E-state index in [2.05, 4.69) is 199 Å². The van der Waals surface area contributed by atoms with Crippen LogP contribution >= 0.6 is 11.3 Å². The molecule has 1 atom stereocenters. The topological polar surface area (TPSA) is 30.7 Å². The highest BCUT2D eigenvalue weighted by Crippen LogP contribution is 2.45. The van der Waals surface area contributed by atoms with Crippen molar-refractivity contribution < 1.29 is 0 Å². The fourth-order valence-corrected chi connectivity index (χ4v) is 9.73. The normalized spacial score (nSPS) is 14.0. The van der Waals surface area contributed by atoms with Crippen LogP contribution < -0.4 is 0 Å². The second kappa shape index (κ2) is 13.5. The number of benzene rings is 7. The minimum Gasteiger partial charge on any atom is -0.309 e. The number of rotatable bonds is 6. The standard InChI is InChI=1S/C52H35N3S/c1-3-15-34(16-4-1)40-25-13-29-48-50(40)51-43(26-14-30-49(51)56-48)45-33-44(35-17-5-2-6-18-35)53-52(54-45)38-21-11-19-36(31-38)37-20-12-22-39(32-37)55-46-27-9-7-23-41(46)42-24-8-10-28-47(42)55/h1-15,17-34H,16H2. The van der Waals surface area contributed by atoms with E-state index in [1.165, 1.54) is 47.5 Å². The Morgan fingerprint density at radius 2 is 1.14 bits per heavy atom. The van der Waals surface area contributed by atoms with Gasteiger partial charge in [-0.25, -0.2) is 9.97 Å². The molecule has 11 rings (SSSR count). The predicted molar refractivity (Wildman–Crippen MR) is 237 cm³/mol. The van der Waals surface area contributed by atoms with Crippen molar-refractivity contribution >= 4 is 53.3 Å². The summed E-state index contributed by atoms with van der Waals surface area (Å²) in [6.07, 6.45) is 9.95. The van der Waals surface area contributed by atoms with E-state index < -0.39 is 0 Å². The Morgan fingerprint density at radius 1 is 0.500 bits per heavy atom. The molecular weight excluding hydrogens is 699 g/mol. The molecule has 56 heavy (non-hydrogen) atoms. The van der Waals surface area contributed by atoms with Crippen LogP contribution in [0.25, 0.3) is 92.7 Å². The summed E-state index contributed by atoms with van der Waals surface area (Å²) in [7, 11) is 0. The molecule has 0 fully saturated rings. The third-order valence-electron chi connectivity index (χ3n) is 11.1. The number of thiophene rings is 1. The fraction of sp³-hybridized carbons (Fsp3) is 0.0385. The van der Waals surface area contributed by atoms with Gasteiger partial charge in [-0.2, -0.15) is 0 Å². The van der Waals surface area contributed by atoms with Gasteiger partial charge in [0.25, 0.3) is 0 Å². The van der Waals surface area contributed by atoms with Gasteiger partial charge in [0.15, 0.2) is 5.82 Å². The van der Waals surface area contributed by atoms with E-state index in [1.54, 1.807) is 0 Å². The van der Waals surface area contributed by atoms with Crippen molar-refractivity contribution in [3.63, 3.8) is 0 Å². The zero-order valence-electron chi connectivity index (χ0n) is 30.5. The Morgan fingerprint density at radius 3 is 1.93 bits per heavy atom. The summed E-state index contributed by atoms with van der Waals surface area (Å²) in [5.41, 5.74) is 12.2. The summed E-state index contributed by atoms with van der Waals surface area (Å²) in [4.78, 5) is 10.7. The molecule has 1 aliphatic rings. The van der Waals surface area contributed by atoms with Crippen LogP contribution in [0.4, 0.5) is 0 Å². The SMILES string of the molecule is C1=CCC(c2cccc3sc4cccc(-c5cc(-c6ccccc6)nc(-c6cccc(-c7cccc(-n8c9ccccc9c9ccccc98)c7)c6)n5)c4c23)C=C1. The molecule has 0 amide bonds. The van der Waals surface area contributed by atoms with E-state index in [-0.39, 0.29) is 0 Å². The molecule has 4 heteroatoms. The lowest BCUT2D eigenvalue weighted by Gasteiger charge is -2.16. The second-order valence-corrected chi connectivity index (χ2v) is 15.6. The molecule has 10 aromatic rings. The predicted octanol–water partition coefficient (Wildman–Crippen LogP) is 14.2. The van der Waals surface area contributed by atoms with Gasteiger partial charge in [-0.15, -0.1) is 11.3 Å². The zero-order valence-corrected chi connectivity index (χ0v) is 31.3. The molecule has 0 N–H and O–H groups in total. The number of nitrogens with zero attached hydrogens (tertiary/aromatic N) is 3. The monoisotopic (exact) mass is 733 g/mol. The maximum Gasteiger partial charge on any atom is 0.160 e. The van der Waals surface area contributed by atoms with Crippen LogP contribution in [0.2, 0.25) is 0 Å². The molecule has 0 saturated heterocycles. The highest BCUT2D eigenvalue weighted by molar-refractivity contribution is 7.26. The largest absolute Gasteiger partial charge is 0.309 e. The summed E-state index contributed by atoms with van der Waals surface area (Å²) < 4.78 is 4.95. The van der Waals surface area contributed by atoms with Crippen LogP contribution in [0.15, 0.2) is 194 Å². The molecule has 1 unspecified atom stereocenters. The van der Waals surface area contributed by atoms with E-state index in [4.69, 9.17) is 9.97 Å². The first-order valence-electron chi connectivity index (χ1n) is 19.2. The van der Waals surface area contributed by atoms with Crippen molar-refractivity contribution in [2.24, 2.45) is 0 Å². The van der Waals surface area contributed by atoms with Gasteiger partial charge in [-0.05, 0) is 71.6 Å². The minimum absolute atomic E-state index is 0.339. The number of para-hydroxylation sites is 2. The van der Waals surface area contributed by atoms with Crippen molar-refractivity contribution in [1.82, 2.24) is 14.5 Å². The smallest absolute Gasteiger partial charge is 0.160 e. The van der Waals surface area contributed by atoms with Gasteiger partial charge in [-0.3, -0.25) is 0 Å². The second-order valence-electron chi connectivity index (χ2n) is 14.5. The minimum atomic E-state index is 0.339. The molecule has 0 radical (unpaired) electrons. The summed E-state index contributed by atoms with van der Waals surface area (Å²) in [5, 5.41) is 5.11. The van der Waals surface area contributed by atoms with Gasteiger partial charge < -0.3 is 4.57 Å². The highest BCUT2D eigenvalue weighted by atomic mass is 32.1. The molecule has 0 bridgehead atoms. The van der Waals surface area contributed by atoms with Crippen LogP contribution in [0.3, 0.4) is 0 Å². The Bertz CT molecular complexity index is 3130. The Balaban J connectivity index is 1.07. The summed E-state index contributed by atoms with van der Waals surface area (Å²) >= 11 is 1.86. The van der Waals surface area contributed by atoms with E-state index in [9.17, 15) is 0 Å². The lowest BCUT2D eigenvalue weighted by Crippen LogP contribution is -1.98. The lowest BCUT2D eigenvalue weighted by molar-refractivity contribution is 0.863. The van der Waals surface area contributed by atoms with Gasteiger partial charge in [0.1, 0.15) is 0 Å². The zero-order chi connectivity index (χ0) is 37.0. The first kappa shape index (κ1) is 32.5. The quantitative estimate of drug-likeness (QED) is 0.170. The maximum atomic E-state index is 5.40. The van der Waals surface area contributed by atoms with E-state index >= 15 is 0 Å². The van der Waals surface area contributed by atoms with Gasteiger partial charge in [-0.1, -0.05) is 146 Å². The average molecular weight is 734 g/mol. The highest BCUT2D eigenvalue weighted by Gasteiger charge is 2.20. The Kier molecular flexibility index (Phi) is 7.82. The van der Waals surface area contributed by atoms with Crippen LogP contribution in [-0.4, -0.2) is 14.5 Å². The molecule has 7 aromatic carbocycles. The first-order chi connectivity index (χ1) is 27.8. The van der Waals surface area contributed by atoms with Crippen LogP contribution in [-0.2, 0) is 0 Å². The number of allylic oxidation sites excluding steroid dienone is 4. The molecule has 3 nitrogen and oxygen atoms in total. The summed E-state index contributed by atoms with van der Waals surface area (Å²) in [5.74, 6) is 1.05. The van der Waals surface area contributed by atoms with Gasteiger partial charge in [0.05, 0.1) is 22.4 Å². The molecule has 0 spiro atoms. The van der Waals surface area contributed by atoms with Crippen molar-refractivity contribution in [3.05, 3.63) is 200 Å². The van der Waals surface area contributed by atoms with Gasteiger partial charge >= 0.3 is 0 Å². The molecule has 264 valence electrons. The van der Waals surface area contributed by atoms with E-state index in [0.29, 0.717) is 11.7 Å². The third-order valence-corrected chi connectivity index (χ3v) is 12.3. The number of fused-ring (bicyclic) bond motifs is 6. The molecule has 0 aliphatic heterocycles. The van der Waals surface area contributed by atoms with Gasteiger partial charge in [0, 0.05) is 59.2 Å². The molecule has 3 aromatic heterocycles. The van der Waals surface area contributed by atoms with Crippen molar-refractivity contribution in [1.29, 1.82) is 0 Å². The number of hydrogen-bond donors (Lipinski definition) is 0. The Labute approximate surface area is 329 Å². The Hall–Kier alpha value is -6.88. The average Bonchev–Trinajstić information content (AvgIpc) is 3.83. The lowest BCUT2D eigenvalue weighted by atomic mass is 9.88. The molecule has 3 heterocycles. The van der Waals surface area contributed by atoms with Crippen LogP contribution in [0.1, 0.15) is 17.9 Å². The fourth-order valence-electron chi connectivity index (χ4n) is 8.56. The molecular formula is C52H35N3S. The van der Waals surface area contributed by atoms with Crippen molar-refractivity contribution in [2.45, 2.75) is 12.3 Å². The van der Waals surface area contributed by atoms with Crippen LogP contribution in [0, 0.1) is 0 Å². The number of hydrogen-bond acceptors (Lipinski definition) is 3. The first-order valence-corrected chi connectivity index (χ1v) is 20.0. The van der Waals surface area contributed by atoms with Crippen molar-refractivity contribution in [3.8, 4) is 50.7 Å². The number of aromatic nitrogens is 3.